The van der Waals surface area contributed by atoms with E-state index in [2.05, 4.69) is 5.32 Å². The summed E-state index contributed by atoms with van der Waals surface area (Å²) in [5.41, 5.74) is 1.75. The van der Waals surface area contributed by atoms with E-state index < -0.39 is 0 Å². The molecule has 2 atom stereocenters. The predicted octanol–water partition coefficient (Wildman–Crippen LogP) is 3.50. The molecule has 0 unspecified atom stereocenters. The van der Waals surface area contributed by atoms with E-state index in [1.165, 1.54) is 12.1 Å². The number of ether oxygens (including phenoxy) is 1. The maximum atomic E-state index is 12.9. The van der Waals surface area contributed by atoms with Gasteiger partial charge in [0.1, 0.15) is 16.9 Å². The number of thioether (sulfide) groups is 1. The lowest BCUT2D eigenvalue weighted by atomic mass is 10.1. The molecule has 148 valence electrons. The van der Waals surface area contributed by atoms with Crippen molar-refractivity contribution in [2.75, 3.05) is 13.7 Å². The standard InChI is InChI=1S/C21H23FN2O3S/c1-14-20(26)24(21(28-14)17-5-3-4-6-18(17)27-2)12-11-19(25)23-13-15-7-9-16(22)10-8-15/h3-10,14,21H,11-13H2,1-2H3,(H,23,25)/t14-,21-/m1/s1. The minimum Gasteiger partial charge on any atom is -0.496 e. The highest BCUT2D eigenvalue weighted by atomic mass is 32.2. The number of hydrogen-bond donors (Lipinski definition) is 1. The van der Waals surface area contributed by atoms with Gasteiger partial charge >= 0.3 is 0 Å². The first-order chi connectivity index (χ1) is 13.5. The first-order valence-corrected chi connectivity index (χ1v) is 10.0. The number of para-hydroxylation sites is 1. The third-order valence-corrected chi connectivity index (χ3v) is 6.01. The van der Waals surface area contributed by atoms with E-state index in [1.54, 1.807) is 35.9 Å². The summed E-state index contributed by atoms with van der Waals surface area (Å²) < 4.78 is 18.4. The smallest absolute Gasteiger partial charge is 0.236 e. The van der Waals surface area contributed by atoms with Gasteiger partial charge < -0.3 is 15.0 Å². The summed E-state index contributed by atoms with van der Waals surface area (Å²) in [7, 11) is 1.61. The van der Waals surface area contributed by atoms with Gasteiger partial charge in [-0.2, -0.15) is 0 Å². The highest BCUT2D eigenvalue weighted by Crippen LogP contribution is 2.45. The number of nitrogens with zero attached hydrogens (tertiary/aromatic N) is 1. The second-order valence-electron chi connectivity index (χ2n) is 6.56. The van der Waals surface area contributed by atoms with Crippen molar-refractivity contribution in [1.82, 2.24) is 10.2 Å². The zero-order valence-electron chi connectivity index (χ0n) is 15.9. The predicted molar refractivity (Wildman–Crippen MR) is 107 cm³/mol. The van der Waals surface area contributed by atoms with Crippen LogP contribution in [-0.2, 0) is 16.1 Å². The summed E-state index contributed by atoms with van der Waals surface area (Å²) in [6.45, 7) is 2.53. The largest absolute Gasteiger partial charge is 0.496 e. The van der Waals surface area contributed by atoms with Crippen molar-refractivity contribution in [2.24, 2.45) is 0 Å². The second-order valence-corrected chi connectivity index (χ2v) is 7.98. The Morgan fingerprint density at radius 1 is 1.21 bits per heavy atom. The summed E-state index contributed by atoms with van der Waals surface area (Å²) >= 11 is 1.56. The minimum absolute atomic E-state index is 0.0206. The first-order valence-electron chi connectivity index (χ1n) is 9.09. The van der Waals surface area contributed by atoms with Gasteiger partial charge in [0, 0.05) is 25.1 Å². The van der Waals surface area contributed by atoms with Crippen molar-refractivity contribution < 1.29 is 18.7 Å². The van der Waals surface area contributed by atoms with Crippen molar-refractivity contribution in [1.29, 1.82) is 0 Å². The molecule has 0 aliphatic carbocycles. The molecule has 28 heavy (non-hydrogen) atoms. The number of carbonyl (C=O) groups excluding carboxylic acids is 2. The fourth-order valence-electron chi connectivity index (χ4n) is 3.13. The number of carbonyl (C=O) groups is 2. The van der Waals surface area contributed by atoms with Gasteiger partial charge in [-0.05, 0) is 30.7 Å². The summed E-state index contributed by atoms with van der Waals surface area (Å²) in [5.74, 6) is 0.289. The van der Waals surface area contributed by atoms with Gasteiger partial charge in [-0.25, -0.2) is 4.39 Å². The Hall–Kier alpha value is -2.54. The molecule has 0 aromatic heterocycles. The van der Waals surface area contributed by atoms with E-state index in [9.17, 15) is 14.0 Å². The molecule has 1 aliphatic heterocycles. The topological polar surface area (TPSA) is 58.6 Å². The van der Waals surface area contributed by atoms with Crippen molar-refractivity contribution >= 4 is 23.6 Å². The average Bonchev–Trinajstić information content (AvgIpc) is 2.99. The molecular weight excluding hydrogens is 379 g/mol. The summed E-state index contributed by atoms with van der Waals surface area (Å²) in [4.78, 5) is 26.6. The first kappa shape index (κ1) is 20.2. The van der Waals surface area contributed by atoms with Crippen LogP contribution in [0.15, 0.2) is 48.5 Å². The zero-order chi connectivity index (χ0) is 20.1. The molecule has 1 aliphatic rings. The monoisotopic (exact) mass is 402 g/mol. The van der Waals surface area contributed by atoms with E-state index in [4.69, 9.17) is 4.74 Å². The molecule has 7 heteroatoms. The van der Waals surface area contributed by atoms with Crippen LogP contribution in [0, 0.1) is 5.82 Å². The Morgan fingerprint density at radius 2 is 1.93 bits per heavy atom. The number of benzene rings is 2. The lowest BCUT2D eigenvalue weighted by molar-refractivity contribution is -0.130. The van der Waals surface area contributed by atoms with Crippen LogP contribution in [0.2, 0.25) is 0 Å². The molecule has 0 saturated carbocycles. The molecule has 1 saturated heterocycles. The van der Waals surface area contributed by atoms with Gasteiger partial charge in [0.2, 0.25) is 11.8 Å². The van der Waals surface area contributed by atoms with Crippen molar-refractivity contribution in [2.45, 2.75) is 30.5 Å². The normalized spacial score (nSPS) is 19.0. The molecule has 1 fully saturated rings. The van der Waals surface area contributed by atoms with Crippen LogP contribution in [0.25, 0.3) is 0 Å². The second kappa shape index (κ2) is 9.10. The Bertz CT molecular complexity index is 844. The van der Waals surface area contributed by atoms with Crippen LogP contribution in [0.4, 0.5) is 4.39 Å². The average molecular weight is 402 g/mol. The number of rotatable bonds is 7. The molecule has 2 aromatic carbocycles. The minimum atomic E-state index is -0.309. The third-order valence-electron chi connectivity index (χ3n) is 4.63. The molecule has 0 bridgehead atoms. The molecular formula is C21H23FN2O3S. The highest BCUT2D eigenvalue weighted by molar-refractivity contribution is 8.01. The zero-order valence-corrected chi connectivity index (χ0v) is 16.7. The fourth-order valence-corrected chi connectivity index (χ4v) is 4.46. The van der Waals surface area contributed by atoms with E-state index in [0.717, 1.165) is 16.9 Å². The lowest BCUT2D eigenvalue weighted by Gasteiger charge is -2.25. The number of halogens is 1. The van der Waals surface area contributed by atoms with Crippen LogP contribution in [-0.4, -0.2) is 35.6 Å². The third kappa shape index (κ3) is 4.65. The van der Waals surface area contributed by atoms with E-state index in [0.29, 0.717) is 13.1 Å². The highest BCUT2D eigenvalue weighted by Gasteiger charge is 2.39. The molecule has 1 N–H and O–H groups in total. The van der Waals surface area contributed by atoms with Gasteiger partial charge in [0.15, 0.2) is 0 Å². The molecule has 2 aromatic rings. The van der Waals surface area contributed by atoms with Crippen LogP contribution in [0.1, 0.15) is 29.8 Å². The summed E-state index contributed by atoms with van der Waals surface area (Å²) in [6, 6.07) is 13.6. The SMILES string of the molecule is COc1ccccc1[C@H]1S[C@H](C)C(=O)N1CCC(=O)NCc1ccc(F)cc1. The molecule has 1 heterocycles. The molecule has 5 nitrogen and oxygen atoms in total. The summed E-state index contributed by atoms with van der Waals surface area (Å²) in [6.07, 6.45) is 0.200. The number of amides is 2. The molecule has 2 amide bonds. The number of nitrogens with one attached hydrogen (secondary N) is 1. The quantitative estimate of drug-likeness (QED) is 0.770. The van der Waals surface area contributed by atoms with Gasteiger partial charge in [0.25, 0.3) is 0 Å². The van der Waals surface area contributed by atoms with Crippen molar-refractivity contribution in [3.63, 3.8) is 0 Å². The Kier molecular flexibility index (Phi) is 6.57. The fraction of sp³-hybridized carbons (Fsp3) is 0.333. The molecule has 3 rings (SSSR count). The van der Waals surface area contributed by atoms with Crippen molar-refractivity contribution in [3.8, 4) is 5.75 Å². The van der Waals surface area contributed by atoms with Gasteiger partial charge in [-0.15, -0.1) is 11.8 Å². The van der Waals surface area contributed by atoms with E-state index >= 15 is 0 Å². The van der Waals surface area contributed by atoms with Gasteiger partial charge in [-0.1, -0.05) is 30.3 Å². The Labute approximate surface area is 168 Å². The summed E-state index contributed by atoms with van der Waals surface area (Å²) in [5, 5.41) is 2.47. The number of methoxy groups -OCH3 is 1. The van der Waals surface area contributed by atoms with Crippen LogP contribution in [0.3, 0.4) is 0 Å². The van der Waals surface area contributed by atoms with E-state index in [1.807, 2.05) is 31.2 Å². The van der Waals surface area contributed by atoms with Gasteiger partial charge in [-0.3, -0.25) is 9.59 Å². The van der Waals surface area contributed by atoms with E-state index in [-0.39, 0.29) is 34.7 Å². The lowest BCUT2D eigenvalue weighted by Crippen LogP contribution is -2.34. The van der Waals surface area contributed by atoms with Crippen LogP contribution in [0.5, 0.6) is 5.75 Å². The maximum Gasteiger partial charge on any atom is 0.236 e. The van der Waals surface area contributed by atoms with Gasteiger partial charge in [0.05, 0.1) is 12.4 Å². The van der Waals surface area contributed by atoms with Crippen molar-refractivity contribution in [3.05, 3.63) is 65.5 Å². The Balaban J connectivity index is 1.61. The van der Waals surface area contributed by atoms with Crippen LogP contribution >= 0.6 is 11.8 Å². The van der Waals surface area contributed by atoms with Crippen LogP contribution < -0.4 is 10.1 Å². The molecule has 0 spiro atoms. The Morgan fingerprint density at radius 3 is 2.64 bits per heavy atom. The molecule has 0 radical (unpaired) electrons. The number of hydrogen-bond acceptors (Lipinski definition) is 4. The maximum absolute atomic E-state index is 12.9.